The van der Waals surface area contributed by atoms with Crippen molar-refractivity contribution < 1.29 is 57.6 Å². The predicted octanol–water partition coefficient (Wildman–Crippen LogP) is 5.32. The quantitative estimate of drug-likeness (QED) is 0.234. The van der Waals surface area contributed by atoms with E-state index in [0.717, 1.165) is 19.3 Å². The number of halogens is 8. The fraction of sp³-hybridized carbons (Fsp3) is 1.00. The van der Waals surface area contributed by atoms with Gasteiger partial charge in [0.2, 0.25) is 0 Å². The largest absolute Gasteiger partial charge is 0.460 e. The van der Waals surface area contributed by atoms with Gasteiger partial charge in [-0.15, -0.1) is 0 Å². The minimum Gasteiger partial charge on any atom is -0.381 e. The van der Waals surface area contributed by atoms with E-state index in [4.69, 9.17) is 9.29 Å². The molecule has 0 aromatic rings. The molecule has 0 spiro atoms. The first-order valence-electron chi connectivity index (χ1n) is 10.2. The zero-order valence-corrected chi connectivity index (χ0v) is 17.6. The first kappa shape index (κ1) is 25.9. The van der Waals surface area contributed by atoms with Crippen LogP contribution in [0, 0.1) is 23.2 Å². The molecule has 0 atom stereocenters. The third-order valence-electron chi connectivity index (χ3n) is 6.70. The van der Waals surface area contributed by atoms with Crippen LogP contribution < -0.4 is 0 Å². The highest BCUT2D eigenvalue weighted by molar-refractivity contribution is 7.86. The van der Waals surface area contributed by atoms with Crippen molar-refractivity contribution in [2.45, 2.75) is 74.8 Å². The molecule has 4 bridgehead atoms. The summed E-state index contributed by atoms with van der Waals surface area (Å²) in [5.74, 6) is -3.52. The van der Waals surface area contributed by atoms with Crippen LogP contribution in [0.1, 0.15) is 51.4 Å². The van der Waals surface area contributed by atoms with Gasteiger partial charge in [0.15, 0.2) is 0 Å². The summed E-state index contributed by atoms with van der Waals surface area (Å²) in [6, 6.07) is 0. The maximum Gasteiger partial charge on any atom is 0.460 e. The third-order valence-corrected chi connectivity index (χ3v) is 7.58. The molecule has 0 amide bonds. The van der Waals surface area contributed by atoms with Crippen LogP contribution in [0.4, 0.5) is 35.1 Å². The molecule has 0 aromatic heterocycles. The standard InChI is InChI=1S/C18H24F8O5S/c19-15(20,16(21,22)31-17(23,24)18(25,26)32(27,28)29)2-1-3-30-10-14-7-11-4-12(8-14)6-13(5-11)9-14/h11-13H,1-10H2,(H,27,28,29). The average Bonchev–Trinajstić information content (AvgIpc) is 2.57. The molecule has 4 aliphatic rings. The Balaban J connectivity index is 1.50. The molecular formula is C18H24F8O5S. The van der Waals surface area contributed by atoms with Gasteiger partial charge in [0, 0.05) is 13.0 Å². The molecule has 1 N–H and O–H groups in total. The number of rotatable bonds is 11. The van der Waals surface area contributed by atoms with E-state index in [0.29, 0.717) is 17.8 Å². The summed E-state index contributed by atoms with van der Waals surface area (Å²) in [6.45, 7) is -0.112. The Bertz CT molecular complexity index is 766. The highest BCUT2D eigenvalue weighted by Gasteiger charge is 2.73. The summed E-state index contributed by atoms with van der Waals surface area (Å²) < 4.78 is 143. The second-order valence-electron chi connectivity index (χ2n) is 9.41. The van der Waals surface area contributed by atoms with Gasteiger partial charge in [-0.25, -0.2) is 4.74 Å². The Labute approximate surface area is 179 Å². The molecule has 188 valence electrons. The number of ether oxygens (including phenoxy) is 2. The van der Waals surface area contributed by atoms with Crippen molar-refractivity contribution in [3.63, 3.8) is 0 Å². The van der Waals surface area contributed by atoms with Crippen LogP contribution in [0.5, 0.6) is 0 Å². The molecule has 0 unspecified atom stereocenters. The van der Waals surface area contributed by atoms with Crippen LogP contribution in [0.3, 0.4) is 0 Å². The van der Waals surface area contributed by atoms with Crippen molar-refractivity contribution in [2.24, 2.45) is 23.2 Å². The molecule has 4 saturated carbocycles. The normalized spacial score (nSPS) is 31.3. The summed E-state index contributed by atoms with van der Waals surface area (Å²) in [6.07, 6.45) is -8.85. The van der Waals surface area contributed by atoms with Crippen molar-refractivity contribution in [1.82, 2.24) is 0 Å². The Kier molecular flexibility index (Phi) is 6.63. The Morgan fingerprint density at radius 1 is 0.844 bits per heavy atom. The van der Waals surface area contributed by atoms with E-state index < -0.39 is 46.4 Å². The predicted molar refractivity (Wildman–Crippen MR) is 93.1 cm³/mol. The van der Waals surface area contributed by atoms with Gasteiger partial charge in [-0.05, 0) is 68.1 Å². The second-order valence-corrected chi connectivity index (χ2v) is 10.9. The molecular weight excluding hydrogens is 480 g/mol. The molecule has 5 nitrogen and oxygen atoms in total. The Morgan fingerprint density at radius 3 is 1.75 bits per heavy atom. The molecule has 4 fully saturated rings. The average molecular weight is 504 g/mol. The van der Waals surface area contributed by atoms with Crippen molar-refractivity contribution in [1.29, 1.82) is 0 Å². The van der Waals surface area contributed by atoms with Crippen LogP contribution in [0.15, 0.2) is 0 Å². The fourth-order valence-corrected chi connectivity index (χ4v) is 6.08. The van der Waals surface area contributed by atoms with Crippen LogP contribution in [-0.4, -0.2) is 49.6 Å². The van der Waals surface area contributed by atoms with Crippen LogP contribution in [0.2, 0.25) is 0 Å². The lowest BCUT2D eigenvalue weighted by Gasteiger charge is -2.56. The minimum absolute atomic E-state index is 0.0618. The summed E-state index contributed by atoms with van der Waals surface area (Å²) in [7, 11) is -6.93. The maximum absolute atomic E-state index is 13.7. The Hall–Kier alpha value is -0.730. The highest BCUT2D eigenvalue weighted by atomic mass is 32.2. The van der Waals surface area contributed by atoms with Crippen LogP contribution in [-0.2, 0) is 19.6 Å². The van der Waals surface area contributed by atoms with Crippen LogP contribution in [0.25, 0.3) is 0 Å². The van der Waals surface area contributed by atoms with Gasteiger partial charge in [0.25, 0.3) is 0 Å². The number of alkyl halides is 8. The van der Waals surface area contributed by atoms with Crippen molar-refractivity contribution in [3.05, 3.63) is 0 Å². The van der Waals surface area contributed by atoms with Gasteiger partial charge in [-0.1, -0.05) is 0 Å². The van der Waals surface area contributed by atoms with E-state index in [2.05, 4.69) is 4.74 Å². The van der Waals surface area contributed by atoms with Gasteiger partial charge in [0.05, 0.1) is 6.61 Å². The van der Waals surface area contributed by atoms with Gasteiger partial charge < -0.3 is 4.74 Å². The van der Waals surface area contributed by atoms with Crippen LogP contribution >= 0.6 is 0 Å². The SMILES string of the molecule is O=S(=O)(O)C(F)(F)C(F)(F)OC(F)(F)C(F)(F)CCCOCC12CC3CC(CC(C3)C1)C2. The first-order chi connectivity index (χ1) is 14.4. The van der Waals surface area contributed by atoms with E-state index in [1.54, 1.807) is 0 Å². The summed E-state index contributed by atoms with van der Waals surface area (Å²) in [4.78, 5) is 0. The first-order valence-corrected chi connectivity index (χ1v) is 11.6. The summed E-state index contributed by atoms with van der Waals surface area (Å²) in [5, 5.41) is -6.57. The van der Waals surface area contributed by atoms with E-state index in [-0.39, 0.29) is 18.6 Å². The lowest BCUT2D eigenvalue weighted by atomic mass is 9.50. The van der Waals surface area contributed by atoms with E-state index in [9.17, 15) is 43.5 Å². The van der Waals surface area contributed by atoms with Gasteiger partial charge in [-0.2, -0.15) is 43.5 Å². The fourth-order valence-electron chi connectivity index (χ4n) is 5.74. The summed E-state index contributed by atoms with van der Waals surface area (Å²) in [5.41, 5.74) is -0.0618. The van der Waals surface area contributed by atoms with Gasteiger partial charge in [-0.3, -0.25) is 4.55 Å². The lowest BCUT2D eigenvalue weighted by Crippen LogP contribution is -2.55. The molecule has 0 aromatic carbocycles. The topological polar surface area (TPSA) is 72.8 Å². The third kappa shape index (κ3) is 4.88. The molecule has 14 heteroatoms. The molecule has 0 aliphatic heterocycles. The molecule has 32 heavy (non-hydrogen) atoms. The van der Waals surface area contributed by atoms with Crippen molar-refractivity contribution >= 4 is 10.1 Å². The zero-order valence-electron chi connectivity index (χ0n) is 16.8. The Morgan fingerprint density at radius 2 is 1.31 bits per heavy atom. The monoisotopic (exact) mass is 504 g/mol. The smallest absolute Gasteiger partial charge is 0.381 e. The van der Waals surface area contributed by atoms with E-state index >= 15 is 0 Å². The van der Waals surface area contributed by atoms with Crippen molar-refractivity contribution in [3.8, 4) is 0 Å². The molecule has 0 radical (unpaired) electrons. The molecule has 0 saturated heterocycles. The number of hydrogen-bond acceptors (Lipinski definition) is 4. The van der Waals surface area contributed by atoms with E-state index in [1.807, 2.05) is 0 Å². The van der Waals surface area contributed by atoms with E-state index in [1.165, 1.54) is 19.3 Å². The number of hydrogen-bond donors (Lipinski definition) is 1. The second kappa shape index (κ2) is 8.19. The maximum atomic E-state index is 13.7. The molecule has 0 heterocycles. The van der Waals surface area contributed by atoms with Gasteiger partial charge >= 0.3 is 33.5 Å². The summed E-state index contributed by atoms with van der Waals surface area (Å²) >= 11 is 0. The van der Waals surface area contributed by atoms with Gasteiger partial charge in [0.1, 0.15) is 0 Å². The lowest BCUT2D eigenvalue weighted by molar-refractivity contribution is -0.456. The molecule has 4 aliphatic carbocycles. The minimum atomic E-state index is -6.93. The molecule has 4 rings (SSSR count). The highest BCUT2D eigenvalue weighted by Crippen LogP contribution is 2.60. The van der Waals surface area contributed by atoms with Crippen molar-refractivity contribution in [2.75, 3.05) is 13.2 Å². The zero-order chi connectivity index (χ0) is 24.2.